The molecule has 0 bridgehead atoms. The van der Waals surface area contributed by atoms with Crippen molar-refractivity contribution in [1.29, 1.82) is 0 Å². The van der Waals surface area contributed by atoms with Crippen LogP contribution in [0.5, 0.6) is 0 Å². The SMILES string of the molecule is CC[C@@H](C)NC(=O)[C@@H](C)N(Cc1ccc(Cl)cc1)C(=O)CN(c1cccc(Br)c1)S(C)(=O)=O. The largest absolute Gasteiger partial charge is 0.352 e. The summed E-state index contributed by atoms with van der Waals surface area (Å²) in [6.45, 7) is 5.16. The maximum Gasteiger partial charge on any atom is 0.244 e. The number of nitrogens with zero attached hydrogens (tertiary/aromatic N) is 2. The molecule has 0 spiro atoms. The molecule has 0 unspecified atom stereocenters. The number of benzene rings is 2. The van der Waals surface area contributed by atoms with Gasteiger partial charge in [0.25, 0.3) is 0 Å². The molecule has 2 aromatic carbocycles. The van der Waals surface area contributed by atoms with Gasteiger partial charge in [-0.2, -0.15) is 0 Å². The van der Waals surface area contributed by atoms with Crippen LogP contribution in [0, 0.1) is 0 Å². The number of halogens is 2. The zero-order chi connectivity index (χ0) is 24.8. The molecule has 0 aliphatic rings. The fourth-order valence-corrected chi connectivity index (χ4v) is 4.43. The molecule has 0 fully saturated rings. The number of anilines is 1. The molecule has 10 heteroatoms. The second-order valence-electron chi connectivity index (χ2n) is 7.89. The van der Waals surface area contributed by atoms with Gasteiger partial charge >= 0.3 is 0 Å². The van der Waals surface area contributed by atoms with Gasteiger partial charge in [0.05, 0.1) is 11.9 Å². The van der Waals surface area contributed by atoms with Crippen LogP contribution in [0.3, 0.4) is 0 Å². The third-order valence-corrected chi connectivity index (χ3v) is 7.10. The molecule has 2 rings (SSSR count). The normalized spacial score (nSPS) is 13.2. The van der Waals surface area contributed by atoms with Gasteiger partial charge in [0.2, 0.25) is 21.8 Å². The van der Waals surface area contributed by atoms with Crippen molar-refractivity contribution in [2.24, 2.45) is 0 Å². The first-order chi connectivity index (χ1) is 15.4. The van der Waals surface area contributed by atoms with Crippen molar-refractivity contribution in [3.8, 4) is 0 Å². The third-order valence-electron chi connectivity index (χ3n) is 5.21. The Hall–Kier alpha value is -2.10. The number of carbonyl (C=O) groups excluding carboxylic acids is 2. The van der Waals surface area contributed by atoms with Crippen molar-refractivity contribution in [3.63, 3.8) is 0 Å². The first kappa shape index (κ1) is 27.1. The maximum atomic E-state index is 13.4. The van der Waals surface area contributed by atoms with Crippen LogP contribution in [0.25, 0.3) is 0 Å². The van der Waals surface area contributed by atoms with E-state index < -0.39 is 28.5 Å². The Morgan fingerprint density at radius 3 is 2.30 bits per heavy atom. The third kappa shape index (κ3) is 8.01. The van der Waals surface area contributed by atoms with E-state index in [4.69, 9.17) is 11.6 Å². The summed E-state index contributed by atoms with van der Waals surface area (Å²) >= 11 is 9.31. The minimum absolute atomic E-state index is 0.0541. The smallest absolute Gasteiger partial charge is 0.244 e. The predicted octanol–water partition coefficient (Wildman–Crippen LogP) is 4.20. The zero-order valence-electron chi connectivity index (χ0n) is 19.1. The minimum atomic E-state index is -3.76. The minimum Gasteiger partial charge on any atom is -0.352 e. The van der Waals surface area contributed by atoms with E-state index in [-0.39, 0.29) is 18.5 Å². The molecule has 1 N–H and O–H groups in total. The Morgan fingerprint density at radius 2 is 1.76 bits per heavy atom. The van der Waals surface area contributed by atoms with Crippen LogP contribution in [0.15, 0.2) is 53.0 Å². The summed E-state index contributed by atoms with van der Waals surface area (Å²) in [6.07, 6.45) is 1.79. The van der Waals surface area contributed by atoms with Crippen molar-refractivity contribution >= 4 is 55.1 Å². The topological polar surface area (TPSA) is 86.8 Å². The average Bonchev–Trinajstić information content (AvgIpc) is 2.75. The maximum absolute atomic E-state index is 13.4. The van der Waals surface area contributed by atoms with Crippen LogP contribution in [-0.2, 0) is 26.2 Å². The molecule has 180 valence electrons. The van der Waals surface area contributed by atoms with Crippen molar-refractivity contribution in [2.75, 3.05) is 17.1 Å². The lowest BCUT2D eigenvalue weighted by Crippen LogP contribution is -2.52. The summed E-state index contributed by atoms with van der Waals surface area (Å²) in [7, 11) is -3.76. The van der Waals surface area contributed by atoms with Gasteiger partial charge in [-0.1, -0.05) is 52.7 Å². The fraction of sp³-hybridized carbons (Fsp3) is 0.391. The molecule has 7 nitrogen and oxygen atoms in total. The Kier molecular flexibility index (Phi) is 9.75. The van der Waals surface area contributed by atoms with Gasteiger partial charge < -0.3 is 10.2 Å². The van der Waals surface area contributed by atoms with E-state index in [1.807, 2.05) is 13.8 Å². The molecule has 0 aromatic heterocycles. The van der Waals surface area contributed by atoms with Crippen LogP contribution in [0.2, 0.25) is 5.02 Å². The Balaban J connectivity index is 2.37. The summed E-state index contributed by atoms with van der Waals surface area (Å²) in [5, 5.41) is 3.44. The summed E-state index contributed by atoms with van der Waals surface area (Å²) in [4.78, 5) is 27.7. The number of amides is 2. The summed E-state index contributed by atoms with van der Waals surface area (Å²) < 4.78 is 26.8. The second-order valence-corrected chi connectivity index (χ2v) is 11.2. The number of nitrogens with one attached hydrogen (secondary N) is 1. The van der Waals surface area contributed by atoms with Gasteiger partial charge in [0.1, 0.15) is 12.6 Å². The number of carbonyl (C=O) groups is 2. The highest BCUT2D eigenvalue weighted by atomic mass is 79.9. The van der Waals surface area contributed by atoms with E-state index in [0.29, 0.717) is 15.2 Å². The molecule has 2 amide bonds. The lowest BCUT2D eigenvalue weighted by atomic mass is 10.1. The highest BCUT2D eigenvalue weighted by Gasteiger charge is 2.30. The highest BCUT2D eigenvalue weighted by Crippen LogP contribution is 2.23. The molecule has 2 aromatic rings. The van der Waals surface area contributed by atoms with Gasteiger partial charge in [-0.25, -0.2) is 8.42 Å². The average molecular weight is 559 g/mol. The number of sulfonamides is 1. The van der Waals surface area contributed by atoms with Gasteiger partial charge in [0, 0.05) is 22.1 Å². The molecule has 0 saturated carbocycles. The monoisotopic (exact) mass is 557 g/mol. The second kappa shape index (κ2) is 11.9. The first-order valence-electron chi connectivity index (χ1n) is 10.5. The van der Waals surface area contributed by atoms with E-state index >= 15 is 0 Å². The van der Waals surface area contributed by atoms with E-state index in [2.05, 4.69) is 21.2 Å². The van der Waals surface area contributed by atoms with E-state index in [9.17, 15) is 18.0 Å². The summed E-state index contributed by atoms with van der Waals surface area (Å²) in [6, 6.07) is 12.8. The van der Waals surface area contributed by atoms with Crippen LogP contribution < -0.4 is 9.62 Å². The quantitative estimate of drug-likeness (QED) is 0.474. The van der Waals surface area contributed by atoms with Crippen molar-refractivity contribution in [3.05, 3.63) is 63.6 Å². The molecular weight excluding hydrogens is 530 g/mol. The molecule has 0 aliphatic carbocycles. The van der Waals surface area contributed by atoms with Gasteiger partial charge in [0.15, 0.2) is 0 Å². The van der Waals surface area contributed by atoms with Crippen LogP contribution >= 0.6 is 27.5 Å². The van der Waals surface area contributed by atoms with Crippen LogP contribution in [-0.4, -0.2) is 50.0 Å². The van der Waals surface area contributed by atoms with Gasteiger partial charge in [-0.05, 0) is 56.2 Å². The van der Waals surface area contributed by atoms with Crippen molar-refractivity contribution < 1.29 is 18.0 Å². The van der Waals surface area contributed by atoms with Crippen LogP contribution in [0.1, 0.15) is 32.8 Å². The molecule has 0 heterocycles. The molecule has 0 radical (unpaired) electrons. The lowest BCUT2D eigenvalue weighted by molar-refractivity contribution is -0.139. The predicted molar refractivity (Wildman–Crippen MR) is 136 cm³/mol. The lowest BCUT2D eigenvalue weighted by Gasteiger charge is -2.32. The highest BCUT2D eigenvalue weighted by molar-refractivity contribution is 9.10. The van der Waals surface area contributed by atoms with E-state index in [1.165, 1.54) is 4.90 Å². The number of hydrogen-bond donors (Lipinski definition) is 1. The zero-order valence-corrected chi connectivity index (χ0v) is 22.2. The summed E-state index contributed by atoms with van der Waals surface area (Å²) in [5.74, 6) is -0.804. The Labute approximate surface area is 209 Å². The van der Waals surface area contributed by atoms with Crippen molar-refractivity contribution in [2.45, 2.75) is 45.8 Å². The van der Waals surface area contributed by atoms with Crippen LogP contribution in [0.4, 0.5) is 5.69 Å². The molecule has 0 aliphatic heterocycles. The summed E-state index contributed by atoms with van der Waals surface area (Å²) in [5.41, 5.74) is 1.12. The van der Waals surface area contributed by atoms with Crippen molar-refractivity contribution in [1.82, 2.24) is 10.2 Å². The van der Waals surface area contributed by atoms with Gasteiger partial charge in [-0.15, -0.1) is 0 Å². The molecule has 0 saturated heterocycles. The van der Waals surface area contributed by atoms with E-state index in [0.717, 1.165) is 22.5 Å². The molecule has 33 heavy (non-hydrogen) atoms. The number of rotatable bonds is 10. The standard InChI is InChI=1S/C23H29BrClN3O4S/c1-5-16(2)26-23(30)17(3)27(14-18-9-11-20(25)12-10-18)22(29)15-28(33(4,31)32)21-8-6-7-19(24)13-21/h6-13,16-17H,5,14-15H2,1-4H3,(H,26,30)/t16-,17-/m1/s1. The number of hydrogen-bond acceptors (Lipinski definition) is 4. The fourth-order valence-electron chi connectivity index (χ4n) is 3.08. The van der Waals surface area contributed by atoms with E-state index in [1.54, 1.807) is 55.5 Å². The molecule has 2 atom stereocenters. The van der Waals surface area contributed by atoms with Gasteiger partial charge in [-0.3, -0.25) is 13.9 Å². The Bertz CT molecular complexity index is 1080. The molecular formula is C23H29BrClN3O4S. The Morgan fingerprint density at radius 1 is 1.12 bits per heavy atom. The first-order valence-corrected chi connectivity index (χ1v) is 13.5.